The Morgan fingerprint density at radius 1 is 0.900 bits per heavy atom. The minimum atomic E-state index is -4.41. The van der Waals surface area contributed by atoms with Gasteiger partial charge < -0.3 is 14.7 Å². The van der Waals surface area contributed by atoms with E-state index in [0.29, 0.717) is 49.4 Å². The van der Waals surface area contributed by atoms with Gasteiger partial charge in [0.2, 0.25) is 5.91 Å². The SMILES string of the molecule is CN(C)CC(=O)N1CCN(C(=O)c2ccccc2-c2ccc(C(F)(F)F)cc2)CC1. The molecule has 0 bridgehead atoms. The molecule has 0 radical (unpaired) electrons. The number of piperazine rings is 1. The van der Waals surface area contributed by atoms with Crippen molar-refractivity contribution < 1.29 is 22.8 Å². The van der Waals surface area contributed by atoms with Gasteiger partial charge >= 0.3 is 6.18 Å². The van der Waals surface area contributed by atoms with Crippen LogP contribution in [0.3, 0.4) is 0 Å². The molecule has 0 aliphatic carbocycles. The highest BCUT2D eigenvalue weighted by atomic mass is 19.4. The molecule has 0 atom stereocenters. The van der Waals surface area contributed by atoms with E-state index >= 15 is 0 Å². The molecular formula is C22H24F3N3O2. The Morgan fingerprint density at radius 3 is 2.03 bits per heavy atom. The predicted molar refractivity (Wildman–Crippen MR) is 108 cm³/mol. The van der Waals surface area contributed by atoms with Crippen LogP contribution in [-0.2, 0) is 11.0 Å². The van der Waals surface area contributed by atoms with Gasteiger partial charge in [-0.3, -0.25) is 9.59 Å². The Balaban J connectivity index is 1.75. The molecule has 30 heavy (non-hydrogen) atoms. The van der Waals surface area contributed by atoms with Crippen molar-refractivity contribution in [2.24, 2.45) is 0 Å². The Bertz CT molecular complexity index is 903. The van der Waals surface area contributed by atoms with Crippen LogP contribution < -0.4 is 0 Å². The van der Waals surface area contributed by atoms with Crippen LogP contribution in [0.15, 0.2) is 48.5 Å². The second-order valence-corrected chi connectivity index (χ2v) is 7.53. The van der Waals surface area contributed by atoms with Crippen LogP contribution in [0.25, 0.3) is 11.1 Å². The zero-order chi connectivity index (χ0) is 21.9. The van der Waals surface area contributed by atoms with Crippen molar-refractivity contribution in [3.8, 4) is 11.1 Å². The van der Waals surface area contributed by atoms with Crippen molar-refractivity contribution in [1.29, 1.82) is 0 Å². The highest BCUT2D eigenvalue weighted by molar-refractivity contribution is 6.01. The second kappa shape index (κ2) is 8.87. The summed E-state index contributed by atoms with van der Waals surface area (Å²) in [6.07, 6.45) is -4.41. The number of rotatable bonds is 4. The summed E-state index contributed by atoms with van der Waals surface area (Å²) < 4.78 is 38.5. The number of alkyl halides is 3. The lowest BCUT2D eigenvalue weighted by molar-refractivity contribution is -0.137. The van der Waals surface area contributed by atoms with E-state index < -0.39 is 11.7 Å². The third-order valence-corrected chi connectivity index (χ3v) is 5.05. The summed E-state index contributed by atoms with van der Waals surface area (Å²) in [5.41, 5.74) is 0.841. The molecule has 2 aromatic rings. The number of likely N-dealkylation sites (N-methyl/N-ethyl adjacent to an activating group) is 1. The van der Waals surface area contributed by atoms with Gasteiger partial charge in [0.05, 0.1) is 12.1 Å². The zero-order valence-electron chi connectivity index (χ0n) is 16.9. The van der Waals surface area contributed by atoms with Crippen molar-refractivity contribution in [2.75, 3.05) is 46.8 Å². The average molecular weight is 419 g/mol. The molecule has 0 aromatic heterocycles. The Kier molecular flexibility index (Phi) is 6.45. The molecule has 0 saturated carbocycles. The lowest BCUT2D eigenvalue weighted by Gasteiger charge is -2.35. The van der Waals surface area contributed by atoms with E-state index in [9.17, 15) is 22.8 Å². The minimum absolute atomic E-state index is 0.0252. The van der Waals surface area contributed by atoms with Crippen molar-refractivity contribution in [3.05, 3.63) is 59.7 Å². The highest BCUT2D eigenvalue weighted by Crippen LogP contribution is 2.32. The van der Waals surface area contributed by atoms with Crippen molar-refractivity contribution in [3.63, 3.8) is 0 Å². The molecule has 2 amide bonds. The van der Waals surface area contributed by atoms with Crippen LogP contribution in [0.2, 0.25) is 0 Å². The van der Waals surface area contributed by atoms with E-state index in [4.69, 9.17) is 0 Å². The molecule has 1 fully saturated rings. The number of carbonyl (C=O) groups is 2. The summed E-state index contributed by atoms with van der Waals surface area (Å²) >= 11 is 0. The molecule has 8 heteroatoms. The molecule has 2 aromatic carbocycles. The van der Waals surface area contributed by atoms with Gasteiger partial charge in [-0.15, -0.1) is 0 Å². The first-order chi connectivity index (χ1) is 14.2. The Labute approximate surface area is 173 Å². The smallest absolute Gasteiger partial charge is 0.338 e. The molecule has 1 saturated heterocycles. The van der Waals surface area contributed by atoms with Crippen LogP contribution in [0.4, 0.5) is 13.2 Å². The van der Waals surface area contributed by atoms with Gasteiger partial charge in [-0.05, 0) is 43.4 Å². The van der Waals surface area contributed by atoms with Gasteiger partial charge in [-0.1, -0.05) is 30.3 Å². The van der Waals surface area contributed by atoms with E-state index in [0.717, 1.165) is 12.1 Å². The van der Waals surface area contributed by atoms with Crippen LogP contribution in [0.1, 0.15) is 15.9 Å². The zero-order valence-corrected chi connectivity index (χ0v) is 16.9. The number of amides is 2. The van der Waals surface area contributed by atoms with Crippen molar-refractivity contribution in [1.82, 2.24) is 14.7 Å². The Morgan fingerprint density at radius 2 is 1.47 bits per heavy atom. The number of hydrogen-bond donors (Lipinski definition) is 0. The van der Waals surface area contributed by atoms with E-state index in [1.807, 2.05) is 14.1 Å². The molecule has 0 N–H and O–H groups in total. The summed E-state index contributed by atoms with van der Waals surface area (Å²) in [6.45, 7) is 2.07. The first-order valence-electron chi connectivity index (χ1n) is 9.65. The quantitative estimate of drug-likeness (QED) is 0.765. The number of hydrogen-bond acceptors (Lipinski definition) is 3. The standard InChI is InChI=1S/C22H24F3N3O2/c1-26(2)15-20(29)27-11-13-28(14-12-27)21(30)19-6-4-3-5-18(19)16-7-9-17(10-8-16)22(23,24)25/h3-10H,11-15H2,1-2H3. The van der Waals surface area contributed by atoms with Gasteiger partial charge in [-0.2, -0.15) is 13.2 Å². The monoisotopic (exact) mass is 419 g/mol. The van der Waals surface area contributed by atoms with Crippen molar-refractivity contribution >= 4 is 11.8 Å². The fraction of sp³-hybridized carbons (Fsp3) is 0.364. The van der Waals surface area contributed by atoms with Crippen LogP contribution in [0.5, 0.6) is 0 Å². The number of carbonyl (C=O) groups excluding carboxylic acids is 2. The van der Waals surface area contributed by atoms with E-state index in [1.54, 1.807) is 39.0 Å². The highest BCUT2D eigenvalue weighted by Gasteiger charge is 2.30. The summed E-state index contributed by atoms with van der Waals surface area (Å²) in [5.74, 6) is -0.164. The number of halogens is 3. The molecule has 5 nitrogen and oxygen atoms in total. The minimum Gasteiger partial charge on any atom is -0.338 e. The fourth-order valence-corrected chi connectivity index (χ4v) is 3.46. The van der Waals surface area contributed by atoms with Gasteiger partial charge in [0, 0.05) is 31.7 Å². The lowest BCUT2D eigenvalue weighted by atomic mass is 9.97. The van der Waals surface area contributed by atoms with Crippen LogP contribution >= 0.6 is 0 Å². The van der Waals surface area contributed by atoms with Gasteiger partial charge in [0.25, 0.3) is 5.91 Å². The largest absolute Gasteiger partial charge is 0.416 e. The molecule has 0 spiro atoms. The summed E-state index contributed by atoms with van der Waals surface area (Å²) in [4.78, 5) is 30.5. The third kappa shape index (κ3) is 4.99. The normalized spacial score (nSPS) is 14.9. The van der Waals surface area contributed by atoms with E-state index in [-0.39, 0.29) is 11.8 Å². The Hall–Kier alpha value is -2.87. The molecular weight excluding hydrogens is 395 g/mol. The van der Waals surface area contributed by atoms with Crippen LogP contribution in [0, 0.1) is 0 Å². The molecule has 1 aliphatic rings. The fourth-order valence-electron chi connectivity index (χ4n) is 3.46. The summed E-state index contributed by atoms with van der Waals surface area (Å²) in [5, 5.41) is 0. The van der Waals surface area contributed by atoms with Gasteiger partial charge in [0.15, 0.2) is 0 Å². The van der Waals surface area contributed by atoms with E-state index in [1.165, 1.54) is 12.1 Å². The molecule has 0 unspecified atom stereocenters. The number of benzene rings is 2. The van der Waals surface area contributed by atoms with E-state index in [2.05, 4.69) is 0 Å². The maximum Gasteiger partial charge on any atom is 0.416 e. The average Bonchev–Trinajstić information content (AvgIpc) is 2.72. The van der Waals surface area contributed by atoms with Gasteiger partial charge in [-0.25, -0.2) is 0 Å². The molecule has 1 heterocycles. The number of nitrogens with zero attached hydrogens (tertiary/aromatic N) is 3. The first kappa shape index (κ1) is 21.8. The predicted octanol–water partition coefficient (Wildman–Crippen LogP) is 3.22. The molecule has 1 aliphatic heterocycles. The maximum absolute atomic E-state index is 13.1. The molecule has 3 rings (SSSR count). The first-order valence-corrected chi connectivity index (χ1v) is 9.65. The van der Waals surface area contributed by atoms with Crippen molar-refractivity contribution in [2.45, 2.75) is 6.18 Å². The lowest BCUT2D eigenvalue weighted by Crippen LogP contribution is -2.52. The summed E-state index contributed by atoms with van der Waals surface area (Å²) in [6, 6.07) is 11.7. The topological polar surface area (TPSA) is 43.9 Å². The molecule has 160 valence electrons. The van der Waals surface area contributed by atoms with Crippen LogP contribution in [-0.4, -0.2) is 73.3 Å². The van der Waals surface area contributed by atoms with Gasteiger partial charge in [0.1, 0.15) is 0 Å². The maximum atomic E-state index is 13.1. The summed E-state index contributed by atoms with van der Waals surface area (Å²) in [7, 11) is 3.66. The third-order valence-electron chi connectivity index (χ3n) is 5.05. The second-order valence-electron chi connectivity index (χ2n) is 7.53.